The number of H-pyrrole nitrogens is 1. The van der Waals surface area contributed by atoms with Crippen molar-refractivity contribution in [2.24, 2.45) is 0 Å². The third kappa shape index (κ3) is 3.05. The highest BCUT2D eigenvalue weighted by Gasteiger charge is 2.42. The number of nitrogens with zero attached hydrogens (tertiary/aromatic N) is 2. The van der Waals surface area contributed by atoms with Crippen LogP contribution in [0.2, 0.25) is 0 Å². The first-order valence-corrected chi connectivity index (χ1v) is 9.80. The molecule has 3 aromatic rings. The second-order valence-electron chi connectivity index (χ2n) is 7.51. The van der Waals surface area contributed by atoms with E-state index in [9.17, 15) is 9.90 Å². The predicted molar refractivity (Wildman–Crippen MR) is 111 cm³/mol. The number of phenols is 1. The summed E-state index contributed by atoms with van der Waals surface area (Å²) in [6, 6.07) is 11.3. The highest BCUT2D eigenvalue weighted by atomic mass is 16.5. The largest absolute Gasteiger partial charge is 0.507 e. The molecule has 6 heteroatoms. The summed E-state index contributed by atoms with van der Waals surface area (Å²) in [5, 5.41) is 18.1. The fraction of sp³-hybridized carbons (Fsp3) is 0.304. The molecule has 1 amide bonds. The number of aromatic amines is 1. The topological polar surface area (TPSA) is 78.5 Å². The number of hydrogen-bond donors (Lipinski definition) is 2. The standard InChI is InChI=1S/C23H25N3O3/c1-5-10-26-21(15-6-8-16(29-4)9-7-15)18-19(24-25-20(18)23(26)28)17-12-13(2)11-14(3)22(17)27/h6-9,11-12,21,27H,5,10H2,1-4H3,(H,24,25). The van der Waals surface area contributed by atoms with Crippen LogP contribution in [0.5, 0.6) is 11.5 Å². The van der Waals surface area contributed by atoms with E-state index in [0.717, 1.165) is 34.4 Å². The third-order valence-electron chi connectivity index (χ3n) is 5.46. The number of nitrogens with one attached hydrogen (secondary N) is 1. The number of aromatic nitrogens is 2. The first kappa shape index (κ1) is 19.1. The SMILES string of the molecule is CCCN1C(=O)c2[nH]nc(-c3cc(C)cc(C)c3O)c2C1c1ccc(OC)cc1. The summed E-state index contributed by atoms with van der Waals surface area (Å²) in [5.74, 6) is 0.893. The fourth-order valence-corrected chi connectivity index (χ4v) is 4.15. The van der Waals surface area contributed by atoms with Gasteiger partial charge >= 0.3 is 0 Å². The summed E-state index contributed by atoms with van der Waals surface area (Å²) in [7, 11) is 1.63. The Balaban J connectivity index is 1.91. The Morgan fingerprint density at radius 3 is 2.59 bits per heavy atom. The Labute approximate surface area is 170 Å². The van der Waals surface area contributed by atoms with E-state index < -0.39 is 0 Å². The van der Waals surface area contributed by atoms with Crippen molar-refractivity contribution in [2.75, 3.05) is 13.7 Å². The molecule has 1 aliphatic rings. The highest BCUT2D eigenvalue weighted by molar-refractivity contribution is 6.00. The van der Waals surface area contributed by atoms with Crippen molar-refractivity contribution in [3.63, 3.8) is 0 Å². The van der Waals surface area contributed by atoms with Gasteiger partial charge < -0.3 is 14.7 Å². The predicted octanol–water partition coefficient (Wildman–Crippen LogP) is 4.36. The molecule has 150 valence electrons. The van der Waals surface area contributed by atoms with Gasteiger partial charge in [0.25, 0.3) is 5.91 Å². The Hall–Kier alpha value is -3.28. The van der Waals surface area contributed by atoms with Crippen LogP contribution in [0.4, 0.5) is 0 Å². The lowest BCUT2D eigenvalue weighted by molar-refractivity contribution is 0.0744. The second kappa shape index (κ2) is 7.28. The number of rotatable bonds is 5. The molecule has 2 heterocycles. The van der Waals surface area contributed by atoms with Crippen LogP contribution < -0.4 is 4.74 Å². The zero-order chi connectivity index (χ0) is 20.7. The van der Waals surface area contributed by atoms with E-state index in [1.807, 2.05) is 55.1 Å². The van der Waals surface area contributed by atoms with Crippen molar-refractivity contribution in [1.82, 2.24) is 15.1 Å². The smallest absolute Gasteiger partial charge is 0.273 e. The lowest BCUT2D eigenvalue weighted by Gasteiger charge is -2.26. The van der Waals surface area contributed by atoms with Crippen LogP contribution in [0.3, 0.4) is 0 Å². The average molecular weight is 391 g/mol. The normalized spacial score (nSPS) is 15.7. The van der Waals surface area contributed by atoms with Gasteiger partial charge in [-0.25, -0.2) is 0 Å². The number of carbonyl (C=O) groups excluding carboxylic acids is 1. The molecule has 0 radical (unpaired) electrons. The van der Waals surface area contributed by atoms with E-state index in [0.29, 0.717) is 23.5 Å². The molecule has 0 aliphatic carbocycles. The highest BCUT2D eigenvalue weighted by Crippen LogP contribution is 2.45. The quantitative estimate of drug-likeness (QED) is 0.677. The minimum absolute atomic E-state index is 0.0646. The molecule has 0 spiro atoms. The van der Waals surface area contributed by atoms with Crippen molar-refractivity contribution in [3.05, 3.63) is 64.3 Å². The molecule has 0 bridgehead atoms. The molecule has 1 unspecified atom stereocenters. The molecular formula is C23H25N3O3. The van der Waals surface area contributed by atoms with Gasteiger partial charge in [0.1, 0.15) is 22.9 Å². The third-order valence-corrected chi connectivity index (χ3v) is 5.46. The number of amides is 1. The van der Waals surface area contributed by atoms with Crippen LogP contribution >= 0.6 is 0 Å². The van der Waals surface area contributed by atoms with Crippen molar-refractivity contribution >= 4 is 5.91 Å². The summed E-state index contributed by atoms with van der Waals surface area (Å²) in [5.41, 5.74) is 5.37. The van der Waals surface area contributed by atoms with Gasteiger partial charge in [-0.2, -0.15) is 5.10 Å². The Kier molecular flexibility index (Phi) is 4.78. The summed E-state index contributed by atoms with van der Waals surface area (Å²) < 4.78 is 5.28. The van der Waals surface area contributed by atoms with Gasteiger partial charge in [-0.3, -0.25) is 9.89 Å². The number of carbonyl (C=O) groups is 1. The van der Waals surface area contributed by atoms with E-state index in [-0.39, 0.29) is 17.7 Å². The maximum atomic E-state index is 13.1. The van der Waals surface area contributed by atoms with Crippen LogP contribution in [0.1, 0.15) is 52.1 Å². The number of aryl methyl sites for hydroxylation is 2. The number of hydrogen-bond acceptors (Lipinski definition) is 4. The Morgan fingerprint density at radius 1 is 1.21 bits per heavy atom. The summed E-state index contributed by atoms with van der Waals surface area (Å²) >= 11 is 0. The molecule has 29 heavy (non-hydrogen) atoms. The molecule has 2 aromatic carbocycles. The molecule has 0 saturated carbocycles. The molecule has 1 aliphatic heterocycles. The van der Waals surface area contributed by atoms with Gasteiger partial charge in [-0.1, -0.05) is 25.1 Å². The Morgan fingerprint density at radius 2 is 1.93 bits per heavy atom. The monoisotopic (exact) mass is 391 g/mol. The van der Waals surface area contributed by atoms with Gasteiger partial charge in [-0.15, -0.1) is 0 Å². The molecular weight excluding hydrogens is 366 g/mol. The van der Waals surface area contributed by atoms with Gasteiger partial charge in [0.05, 0.1) is 13.2 Å². The maximum Gasteiger partial charge on any atom is 0.273 e. The second-order valence-corrected chi connectivity index (χ2v) is 7.51. The minimum atomic E-state index is -0.266. The van der Waals surface area contributed by atoms with Crippen LogP contribution in [0.25, 0.3) is 11.3 Å². The molecule has 1 atom stereocenters. The summed E-state index contributed by atoms with van der Waals surface area (Å²) in [6.07, 6.45) is 0.847. The first-order chi connectivity index (χ1) is 14.0. The van der Waals surface area contributed by atoms with Crippen LogP contribution in [-0.4, -0.2) is 39.8 Å². The number of aromatic hydroxyl groups is 1. The lowest BCUT2D eigenvalue weighted by Crippen LogP contribution is -2.30. The number of fused-ring (bicyclic) bond motifs is 1. The number of methoxy groups -OCH3 is 1. The number of ether oxygens (including phenoxy) is 1. The van der Waals surface area contributed by atoms with Crippen molar-refractivity contribution in [2.45, 2.75) is 33.2 Å². The van der Waals surface area contributed by atoms with Gasteiger partial charge in [0.15, 0.2) is 0 Å². The molecule has 0 saturated heterocycles. The van der Waals surface area contributed by atoms with Gasteiger partial charge in [0.2, 0.25) is 0 Å². The van der Waals surface area contributed by atoms with Crippen LogP contribution in [0, 0.1) is 13.8 Å². The van der Waals surface area contributed by atoms with E-state index in [4.69, 9.17) is 4.74 Å². The number of benzene rings is 2. The number of phenolic OH excluding ortho intramolecular Hbond substituents is 1. The van der Waals surface area contributed by atoms with Gasteiger partial charge in [-0.05, 0) is 55.2 Å². The molecule has 2 N–H and O–H groups in total. The molecule has 6 nitrogen and oxygen atoms in total. The zero-order valence-corrected chi connectivity index (χ0v) is 17.1. The summed E-state index contributed by atoms with van der Waals surface area (Å²) in [6.45, 7) is 6.54. The summed E-state index contributed by atoms with van der Waals surface area (Å²) in [4.78, 5) is 15.0. The van der Waals surface area contributed by atoms with Gasteiger partial charge in [0, 0.05) is 17.7 Å². The van der Waals surface area contributed by atoms with E-state index in [1.165, 1.54) is 0 Å². The van der Waals surface area contributed by atoms with Crippen molar-refractivity contribution in [3.8, 4) is 22.8 Å². The molecule has 0 fully saturated rings. The Bertz CT molecular complexity index is 1070. The lowest BCUT2D eigenvalue weighted by atomic mass is 9.94. The van der Waals surface area contributed by atoms with E-state index in [2.05, 4.69) is 17.1 Å². The molecule has 4 rings (SSSR count). The van der Waals surface area contributed by atoms with Crippen molar-refractivity contribution in [1.29, 1.82) is 0 Å². The maximum absolute atomic E-state index is 13.1. The molecule has 1 aromatic heterocycles. The van der Waals surface area contributed by atoms with E-state index in [1.54, 1.807) is 7.11 Å². The van der Waals surface area contributed by atoms with Crippen molar-refractivity contribution < 1.29 is 14.6 Å². The van der Waals surface area contributed by atoms with E-state index >= 15 is 0 Å². The van der Waals surface area contributed by atoms with Crippen LogP contribution in [0.15, 0.2) is 36.4 Å². The average Bonchev–Trinajstić information content (AvgIpc) is 3.25. The fourth-order valence-electron chi connectivity index (χ4n) is 4.15. The van der Waals surface area contributed by atoms with Crippen LogP contribution in [-0.2, 0) is 0 Å². The zero-order valence-electron chi connectivity index (χ0n) is 17.1. The first-order valence-electron chi connectivity index (χ1n) is 9.80. The minimum Gasteiger partial charge on any atom is -0.507 e.